The van der Waals surface area contributed by atoms with Gasteiger partial charge in [-0.3, -0.25) is 24.0 Å². The highest BCUT2D eigenvalue weighted by Gasteiger charge is 2.28. The van der Waals surface area contributed by atoms with E-state index >= 15 is 0 Å². The molecule has 0 radical (unpaired) electrons. The van der Waals surface area contributed by atoms with Crippen LogP contribution in [-0.2, 0) is 44.7 Å². The van der Waals surface area contributed by atoms with Gasteiger partial charge < -0.3 is 29.5 Å². The molecule has 0 aliphatic carbocycles. The maximum absolute atomic E-state index is 13.4. The molecule has 56 heavy (non-hydrogen) atoms. The Hall–Kier alpha value is -3.96. The summed E-state index contributed by atoms with van der Waals surface area (Å²) >= 11 is 0. The molecule has 0 aliphatic rings. The van der Waals surface area contributed by atoms with Crippen molar-refractivity contribution < 1.29 is 48.1 Å². The Kier molecular flexibility index (Phi) is 22.6. The van der Waals surface area contributed by atoms with Crippen molar-refractivity contribution in [3.63, 3.8) is 0 Å². The Bertz CT molecular complexity index is 1370. The number of nitrogens with one attached hydrogen (secondary N) is 1. The van der Waals surface area contributed by atoms with Crippen LogP contribution in [0.1, 0.15) is 187 Å². The zero-order valence-corrected chi connectivity index (χ0v) is 35.9. The van der Waals surface area contributed by atoms with Crippen molar-refractivity contribution in [2.75, 3.05) is 6.54 Å². The number of ether oxygens (including phenoxy) is 3. The number of benzene rings is 1. The van der Waals surface area contributed by atoms with E-state index in [1.54, 1.807) is 70.7 Å². The molecule has 0 saturated heterocycles. The van der Waals surface area contributed by atoms with Gasteiger partial charge >= 0.3 is 23.9 Å². The highest BCUT2D eigenvalue weighted by molar-refractivity contribution is 5.97. The molecule has 12 nitrogen and oxygen atoms in total. The van der Waals surface area contributed by atoms with E-state index in [4.69, 9.17) is 19.3 Å². The van der Waals surface area contributed by atoms with Crippen LogP contribution >= 0.6 is 0 Å². The third kappa shape index (κ3) is 26.0. The van der Waals surface area contributed by atoms with Crippen molar-refractivity contribution in [3.8, 4) is 0 Å². The topological polar surface area (TPSA) is 166 Å². The van der Waals surface area contributed by atoms with Gasteiger partial charge in [0.2, 0.25) is 5.91 Å². The maximum atomic E-state index is 13.4. The largest absolute Gasteiger partial charge is 0.481 e. The van der Waals surface area contributed by atoms with Gasteiger partial charge in [-0.25, -0.2) is 4.79 Å². The molecule has 0 heterocycles. The number of hydrogen-bond donors (Lipinski definition) is 2. The number of amides is 2. The van der Waals surface area contributed by atoms with Crippen molar-refractivity contribution >= 4 is 35.7 Å². The highest BCUT2D eigenvalue weighted by atomic mass is 16.6. The predicted octanol–water partition coefficient (Wildman–Crippen LogP) is 8.86. The lowest BCUT2D eigenvalue weighted by Crippen LogP contribution is -2.44. The van der Waals surface area contributed by atoms with E-state index in [-0.39, 0.29) is 55.8 Å². The highest BCUT2D eigenvalue weighted by Crippen LogP contribution is 2.18. The molecule has 2 N–H and O–H groups in total. The molecule has 1 aromatic carbocycles. The number of nitrogens with zero attached hydrogens (tertiary/aromatic N) is 1. The number of carbonyl (C=O) groups excluding carboxylic acids is 5. The molecule has 0 aliphatic heterocycles. The number of aliphatic carboxylic acids is 1. The van der Waals surface area contributed by atoms with E-state index in [1.807, 2.05) is 20.8 Å². The average molecular weight is 789 g/mol. The first-order valence-electron chi connectivity index (χ1n) is 20.6. The number of unbranched alkanes of at least 4 members (excludes halogenated alkanes) is 11. The minimum absolute atomic E-state index is 0.0535. The van der Waals surface area contributed by atoms with Crippen molar-refractivity contribution in [1.82, 2.24) is 10.2 Å². The molecule has 12 heteroatoms. The van der Waals surface area contributed by atoms with Gasteiger partial charge in [0.05, 0.1) is 6.42 Å². The van der Waals surface area contributed by atoms with Gasteiger partial charge in [0.1, 0.15) is 22.8 Å². The summed E-state index contributed by atoms with van der Waals surface area (Å²) < 4.78 is 16.2. The number of carboxylic acid groups (broad SMARTS) is 1. The normalized spacial score (nSPS) is 12.4. The predicted molar refractivity (Wildman–Crippen MR) is 217 cm³/mol. The minimum Gasteiger partial charge on any atom is -0.481 e. The zero-order valence-electron chi connectivity index (χ0n) is 35.9. The van der Waals surface area contributed by atoms with E-state index in [0.717, 1.165) is 50.5 Å². The Morgan fingerprint density at radius 2 is 1.02 bits per heavy atom. The summed E-state index contributed by atoms with van der Waals surface area (Å²) in [7, 11) is 0. The summed E-state index contributed by atoms with van der Waals surface area (Å²) in [5.74, 6) is -2.92. The lowest BCUT2D eigenvalue weighted by Gasteiger charge is -2.25. The second-order valence-corrected chi connectivity index (χ2v) is 17.7. The Morgan fingerprint density at radius 1 is 0.589 bits per heavy atom. The van der Waals surface area contributed by atoms with Crippen LogP contribution in [0, 0.1) is 0 Å². The summed E-state index contributed by atoms with van der Waals surface area (Å²) in [6.07, 6.45) is 13.4. The van der Waals surface area contributed by atoms with Gasteiger partial charge in [0.15, 0.2) is 0 Å². The molecule has 318 valence electrons. The number of hydrogen-bond acceptors (Lipinski definition) is 9. The van der Waals surface area contributed by atoms with Crippen molar-refractivity contribution in [3.05, 3.63) is 35.4 Å². The fourth-order valence-corrected chi connectivity index (χ4v) is 5.89. The standard InChI is InChI=1S/C44H72N2O10/c1-42(2,3)54-38(50)23-21-19-17-15-13-11-10-12-14-16-18-20-22-36(47)46(31-30-39(51)55-43(4,5)6)32-33-24-26-34(27-25-33)40(52)45-35(28-29-37(48)49)41(53)56-44(7,8)9/h24-27,35H,10-23,28-32H2,1-9H3,(H,45,52)(H,48,49)/t35-/m1/s1. The fourth-order valence-electron chi connectivity index (χ4n) is 5.89. The second kappa shape index (κ2) is 25.3. The van der Waals surface area contributed by atoms with Crippen LogP contribution in [0.3, 0.4) is 0 Å². The molecule has 0 spiro atoms. The number of carbonyl (C=O) groups is 6. The van der Waals surface area contributed by atoms with Crippen LogP contribution < -0.4 is 5.32 Å². The molecule has 1 aromatic rings. The van der Waals surface area contributed by atoms with Crippen molar-refractivity contribution in [2.45, 2.75) is 201 Å². The smallest absolute Gasteiger partial charge is 0.329 e. The first-order valence-corrected chi connectivity index (χ1v) is 20.6. The monoisotopic (exact) mass is 789 g/mol. The van der Waals surface area contributed by atoms with Crippen LogP contribution in [-0.4, -0.2) is 75.1 Å². The van der Waals surface area contributed by atoms with Crippen LogP contribution in [0.4, 0.5) is 0 Å². The molecule has 1 atom stereocenters. The van der Waals surface area contributed by atoms with E-state index in [9.17, 15) is 28.8 Å². The van der Waals surface area contributed by atoms with Gasteiger partial charge in [-0.05, 0) is 99.3 Å². The third-order valence-electron chi connectivity index (χ3n) is 8.53. The summed E-state index contributed by atoms with van der Waals surface area (Å²) in [6, 6.07) is 5.47. The molecule has 2 amide bonds. The Balaban J connectivity index is 2.60. The quantitative estimate of drug-likeness (QED) is 0.0526. The van der Waals surface area contributed by atoms with E-state index in [1.165, 1.54) is 32.1 Å². The fraction of sp³-hybridized carbons (Fsp3) is 0.727. The lowest BCUT2D eigenvalue weighted by atomic mass is 10.0. The first kappa shape index (κ1) is 50.1. The minimum atomic E-state index is -1.14. The summed E-state index contributed by atoms with van der Waals surface area (Å²) in [4.78, 5) is 76.3. The second-order valence-electron chi connectivity index (χ2n) is 17.7. The molecule has 1 rings (SSSR count). The van der Waals surface area contributed by atoms with Crippen LogP contribution in [0.5, 0.6) is 0 Å². The molecule has 0 bridgehead atoms. The van der Waals surface area contributed by atoms with Crippen LogP contribution in [0.15, 0.2) is 24.3 Å². The molecule has 0 saturated carbocycles. The van der Waals surface area contributed by atoms with Gasteiger partial charge in [0, 0.05) is 37.9 Å². The SMILES string of the molecule is CC(C)(C)OC(=O)CCCCCCCCCCCCCCC(=O)N(CCC(=O)OC(C)(C)C)Cc1ccc(C(=O)N[C@H](CCC(=O)O)C(=O)OC(C)(C)C)cc1. The van der Waals surface area contributed by atoms with Crippen LogP contribution in [0.2, 0.25) is 0 Å². The Labute approximate surface area is 336 Å². The third-order valence-corrected chi connectivity index (χ3v) is 8.53. The number of esters is 3. The Morgan fingerprint density at radius 3 is 1.46 bits per heavy atom. The van der Waals surface area contributed by atoms with Crippen LogP contribution in [0.25, 0.3) is 0 Å². The molecule has 0 unspecified atom stereocenters. The molecular formula is C44H72N2O10. The van der Waals surface area contributed by atoms with Gasteiger partial charge in [0.25, 0.3) is 5.91 Å². The van der Waals surface area contributed by atoms with Gasteiger partial charge in [-0.2, -0.15) is 0 Å². The summed E-state index contributed by atoms with van der Waals surface area (Å²) in [6.45, 7) is 16.6. The summed E-state index contributed by atoms with van der Waals surface area (Å²) in [5, 5.41) is 11.7. The van der Waals surface area contributed by atoms with E-state index in [0.29, 0.717) is 12.8 Å². The maximum Gasteiger partial charge on any atom is 0.329 e. The van der Waals surface area contributed by atoms with Gasteiger partial charge in [-0.15, -0.1) is 0 Å². The van der Waals surface area contributed by atoms with E-state index in [2.05, 4.69) is 5.32 Å². The van der Waals surface area contributed by atoms with Gasteiger partial charge in [-0.1, -0.05) is 76.3 Å². The molecule has 0 fully saturated rings. The van der Waals surface area contributed by atoms with Crippen molar-refractivity contribution in [1.29, 1.82) is 0 Å². The lowest BCUT2D eigenvalue weighted by molar-refractivity contribution is -0.158. The molecular weight excluding hydrogens is 716 g/mol. The van der Waals surface area contributed by atoms with Crippen molar-refractivity contribution in [2.24, 2.45) is 0 Å². The molecule has 0 aromatic heterocycles. The first-order chi connectivity index (χ1) is 26.0. The summed E-state index contributed by atoms with van der Waals surface area (Å²) in [5.41, 5.74) is -0.850. The zero-order chi connectivity index (χ0) is 42.4. The number of rotatable bonds is 26. The average Bonchev–Trinajstić information content (AvgIpc) is 3.06. The number of carboxylic acids is 1. The van der Waals surface area contributed by atoms with E-state index < -0.39 is 40.7 Å².